The van der Waals surface area contributed by atoms with Crippen LogP contribution in [-0.2, 0) is 4.74 Å². The molecule has 0 heterocycles. The number of methoxy groups -OCH3 is 1. The number of rotatable bonds is 3. The van der Waals surface area contributed by atoms with Gasteiger partial charge in [-0.1, -0.05) is 6.42 Å². The van der Waals surface area contributed by atoms with Crippen LogP contribution in [0, 0.1) is 5.92 Å². The summed E-state index contributed by atoms with van der Waals surface area (Å²) < 4.78 is 5.06. The molecule has 14 heavy (non-hydrogen) atoms. The Balaban J connectivity index is 2.43. The second kappa shape index (κ2) is 5.17. The molecule has 1 unspecified atom stereocenters. The van der Waals surface area contributed by atoms with Gasteiger partial charge in [-0.25, -0.2) is 15.6 Å². The normalized spacial score (nSPS) is 27.3. The van der Waals surface area contributed by atoms with Gasteiger partial charge in [0.25, 0.3) is 0 Å². The van der Waals surface area contributed by atoms with Crippen molar-refractivity contribution in [1.82, 2.24) is 5.01 Å². The summed E-state index contributed by atoms with van der Waals surface area (Å²) in [4.78, 5) is 10.6. The van der Waals surface area contributed by atoms with E-state index in [-0.39, 0.29) is 6.04 Å². The summed E-state index contributed by atoms with van der Waals surface area (Å²) >= 11 is 0. The van der Waals surface area contributed by atoms with E-state index in [4.69, 9.17) is 15.7 Å². The first-order valence-electron chi connectivity index (χ1n) is 4.91. The lowest BCUT2D eigenvalue weighted by Gasteiger charge is -2.32. The number of carbonyl (C=O) groups is 1. The second-order valence-corrected chi connectivity index (χ2v) is 3.83. The fourth-order valence-electron chi connectivity index (χ4n) is 2.06. The molecule has 0 aromatic carbocycles. The van der Waals surface area contributed by atoms with Crippen LogP contribution in [0.3, 0.4) is 0 Å². The third-order valence-corrected chi connectivity index (χ3v) is 2.77. The molecule has 3 N–H and O–H groups in total. The Morgan fingerprint density at radius 1 is 1.64 bits per heavy atom. The molecule has 1 saturated carbocycles. The molecule has 1 rings (SSSR count). The number of nitrogens with two attached hydrogens (primary N) is 1. The van der Waals surface area contributed by atoms with Crippen LogP contribution >= 0.6 is 0 Å². The first-order chi connectivity index (χ1) is 6.65. The van der Waals surface area contributed by atoms with Crippen molar-refractivity contribution in [2.24, 2.45) is 11.8 Å². The molecule has 1 amide bonds. The van der Waals surface area contributed by atoms with E-state index in [1.165, 1.54) is 0 Å². The van der Waals surface area contributed by atoms with Gasteiger partial charge >= 0.3 is 6.09 Å². The molecule has 0 aromatic heterocycles. The quantitative estimate of drug-likeness (QED) is 0.407. The Labute approximate surface area is 83.8 Å². The van der Waals surface area contributed by atoms with Gasteiger partial charge in [-0.05, 0) is 25.2 Å². The highest BCUT2D eigenvalue weighted by Crippen LogP contribution is 2.26. The smallest absolute Gasteiger partial charge is 0.421 e. The van der Waals surface area contributed by atoms with Crippen molar-refractivity contribution in [2.45, 2.75) is 31.7 Å². The van der Waals surface area contributed by atoms with Gasteiger partial charge in [0.05, 0.1) is 6.04 Å². The minimum absolute atomic E-state index is 0.0404. The molecule has 5 heteroatoms. The number of hydrazine groups is 1. The van der Waals surface area contributed by atoms with Crippen molar-refractivity contribution < 1.29 is 14.6 Å². The van der Waals surface area contributed by atoms with Gasteiger partial charge < -0.3 is 9.84 Å². The zero-order valence-corrected chi connectivity index (χ0v) is 8.48. The fourth-order valence-corrected chi connectivity index (χ4v) is 2.06. The van der Waals surface area contributed by atoms with Gasteiger partial charge in [0, 0.05) is 13.7 Å². The van der Waals surface area contributed by atoms with Crippen molar-refractivity contribution in [2.75, 3.05) is 13.7 Å². The van der Waals surface area contributed by atoms with Gasteiger partial charge in [0.15, 0.2) is 0 Å². The summed E-state index contributed by atoms with van der Waals surface area (Å²) in [6, 6.07) is -0.0404. The third-order valence-electron chi connectivity index (χ3n) is 2.77. The number of ether oxygens (including phenoxy) is 1. The van der Waals surface area contributed by atoms with E-state index in [1.807, 2.05) is 0 Å². The topological polar surface area (TPSA) is 75.8 Å². The number of hydrogen-bond acceptors (Lipinski definition) is 3. The Morgan fingerprint density at radius 3 is 2.93 bits per heavy atom. The summed E-state index contributed by atoms with van der Waals surface area (Å²) in [5.74, 6) is 5.89. The minimum atomic E-state index is -1.05. The zero-order chi connectivity index (χ0) is 10.6. The Kier molecular flexibility index (Phi) is 4.16. The van der Waals surface area contributed by atoms with Crippen molar-refractivity contribution in [3.63, 3.8) is 0 Å². The molecule has 1 fully saturated rings. The maximum atomic E-state index is 10.6. The standard InChI is InChI=1S/C9H18N2O3/c1-14-6-7-3-2-4-8(5-7)11(10)9(12)13/h7-8H,2-6,10H2,1H3,(H,12,13)/t7-,8?/m0/s1. The maximum Gasteiger partial charge on any atom is 0.421 e. The Morgan fingerprint density at radius 2 is 2.36 bits per heavy atom. The summed E-state index contributed by atoms with van der Waals surface area (Å²) in [5.41, 5.74) is 0. The first kappa shape index (κ1) is 11.3. The van der Waals surface area contributed by atoms with Crippen molar-refractivity contribution >= 4 is 6.09 Å². The SMILES string of the molecule is COC[C@H]1CCCC(N(N)C(=O)O)C1. The van der Waals surface area contributed by atoms with Crippen LogP contribution in [0.5, 0.6) is 0 Å². The molecule has 0 aliphatic heterocycles. The van der Waals surface area contributed by atoms with Crippen LogP contribution in [0.15, 0.2) is 0 Å². The number of carboxylic acid groups (broad SMARTS) is 1. The van der Waals surface area contributed by atoms with E-state index in [2.05, 4.69) is 0 Å². The number of nitrogens with zero attached hydrogens (tertiary/aromatic N) is 1. The van der Waals surface area contributed by atoms with Crippen molar-refractivity contribution in [1.29, 1.82) is 0 Å². The van der Waals surface area contributed by atoms with Gasteiger partial charge in [0.1, 0.15) is 0 Å². The third kappa shape index (κ3) is 2.85. The zero-order valence-electron chi connectivity index (χ0n) is 8.48. The van der Waals surface area contributed by atoms with E-state index < -0.39 is 6.09 Å². The van der Waals surface area contributed by atoms with E-state index in [9.17, 15) is 4.79 Å². The molecule has 82 valence electrons. The van der Waals surface area contributed by atoms with Crippen LogP contribution in [0.4, 0.5) is 4.79 Å². The molecule has 0 bridgehead atoms. The van der Waals surface area contributed by atoms with E-state index in [0.717, 1.165) is 30.7 Å². The molecule has 0 aromatic rings. The highest BCUT2D eigenvalue weighted by atomic mass is 16.5. The summed E-state index contributed by atoms with van der Waals surface area (Å²) in [7, 11) is 1.67. The summed E-state index contributed by atoms with van der Waals surface area (Å²) in [6.07, 6.45) is 2.77. The van der Waals surface area contributed by atoms with E-state index >= 15 is 0 Å². The van der Waals surface area contributed by atoms with E-state index in [1.54, 1.807) is 7.11 Å². The fraction of sp³-hybridized carbons (Fsp3) is 0.889. The number of amides is 1. The summed E-state index contributed by atoms with van der Waals surface area (Å²) in [6.45, 7) is 0.698. The molecule has 0 spiro atoms. The van der Waals surface area contributed by atoms with Gasteiger partial charge in [-0.15, -0.1) is 0 Å². The highest BCUT2D eigenvalue weighted by Gasteiger charge is 2.27. The molecule has 0 saturated heterocycles. The molecule has 2 atom stereocenters. The molecular formula is C9H18N2O3. The van der Waals surface area contributed by atoms with Gasteiger partial charge in [-0.3, -0.25) is 0 Å². The van der Waals surface area contributed by atoms with Gasteiger partial charge in [0.2, 0.25) is 0 Å². The lowest BCUT2D eigenvalue weighted by Crippen LogP contribution is -2.47. The highest BCUT2D eigenvalue weighted by molar-refractivity contribution is 5.64. The predicted octanol–water partition coefficient (Wildman–Crippen LogP) is 1.05. The van der Waals surface area contributed by atoms with E-state index in [0.29, 0.717) is 12.5 Å². The van der Waals surface area contributed by atoms with Crippen LogP contribution in [-0.4, -0.2) is 36.0 Å². The predicted molar refractivity (Wildman–Crippen MR) is 51.7 cm³/mol. The average Bonchev–Trinajstić information content (AvgIpc) is 2.17. The van der Waals surface area contributed by atoms with Crippen LogP contribution in [0.25, 0.3) is 0 Å². The second-order valence-electron chi connectivity index (χ2n) is 3.83. The van der Waals surface area contributed by atoms with Crippen LogP contribution in [0.2, 0.25) is 0 Å². The minimum Gasteiger partial charge on any atom is -0.464 e. The molecule has 0 radical (unpaired) electrons. The lowest BCUT2D eigenvalue weighted by molar-refractivity contribution is 0.0742. The Bertz CT molecular complexity index is 196. The number of hydrogen-bond donors (Lipinski definition) is 2. The monoisotopic (exact) mass is 202 g/mol. The lowest BCUT2D eigenvalue weighted by atomic mass is 9.86. The maximum absolute atomic E-state index is 10.6. The van der Waals surface area contributed by atoms with Crippen LogP contribution < -0.4 is 5.84 Å². The largest absolute Gasteiger partial charge is 0.464 e. The first-order valence-corrected chi connectivity index (χ1v) is 4.91. The van der Waals surface area contributed by atoms with Crippen LogP contribution in [0.1, 0.15) is 25.7 Å². The molecule has 1 aliphatic rings. The Hall–Kier alpha value is -0.810. The molecular weight excluding hydrogens is 184 g/mol. The van der Waals surface area contributed by atoms with Crippen molar-refractivity contribution in [3.05, 3.63) is 0 Å². The van der Waals surface area contributed by atoms with Crippen molar-refractivity contribution in [3.8, 4) is 0 Å². The average molecular weight is 202 g/mol. The van der Waals surface area contributed by atoms with Gasteiger partial charge in [-0.2, -0.15) is 0 Å². The summed E-state index contributed by atoms with van der Waals surface area (Å²) in [5, 5.41) is 9.65. The molecule has 1 aliphatic carbocycles. The molecule has 5 nitrogen and oxygen atoms in total.